The average Bonchev–Trinajstić information content (AvgIpc) is 3.18. The number of nitrogens with one attached hydrogen (secondary N) is 1. The van der Waals surface area contributed by atoms with E-state index in [-0.39, 0.29) is 21.4 Å². The lowest BCUT2D eigenvalue weighted by atomic mass is 10.1. The lowest BCUT2D eigenvalue weighted by Gasteiger charge is -2.12. The molecule has 0 bridgehead atoms. The van der Waals surface area contributed by atoms with Gasteiger partial charge in [-0.25, -0.2) is 13.6 Å². The largest absolute Gasteiger partial charge is 0.352 e. The van der Waals surface area contributed by atoms with Crippen LogP contribution in [0.25, 0.3) is 0 Å². The number of rotatable bonds is 5. The molecule has 0 saturated heterocycles. The van der Waals surface area contributed by atoms with Crippen LogP contribution in [0.1, 0.15) is 30.1 Å². The van der Waals surface area contributed by atoms with Crippen LogP contribution >= 0.6 is 11.6 Å². The third kappa shape index (κ3) is 3.71. The summed E-state index contributed by atoms with van der Waals surface area (Å²) in [5.74, 6) is 0.809. The summed E-state index contributed by atoms with van der Waals surface area (Å²) in [6, 6.07) is 4.05. The second kappa shape index (κ2) is 5.71. The number of benzene rings is 1. The van der Waals surface area contributed by atoms with Crippen molar-refractivity contribution in [2.75, 3.05) is 6.54 Å². The Morgan fingerprint density at radius 1 is 1.50 bits per heavy atom. The van der Waals surface area contributed by atoms with Gasteiger partial charge in [0.25, 0.3) is 5.91 Å². The Bertz CT molecular complexity index is 627. The number of amides is 1. The van der Waals surface area contributed by atoms with Gasteiger partial charge in [0.15, 0.2) is 0 Å². The minimum absolute atomic E-state index is 0.00963. The van der Waals surface area contributed by atoms with Crippen LogP contribution in [-0.2, 0) is 10.0 Å². The summed E-state index contributed by atoms with van der Waals surface area (Å²) in [5, 5.41) is 7.86. The van der Waals surface area contributed by atoms with Crippen molar-refractivity contribution in [3.8, 4) is 0 Å². The fourth-order valence-corrected chi connectivity index (χ4v) is 3.12. The lowest BCUT2D eigenvalue weighted by molar-refractivity contribution is 0.0946. The summed E-state index contributed by atoms with van der Waals surface area (Å²) in [4.78, 5) is 11.8. The topological polar surface area (TPSA) is 89.3 Å². The third-order valence-electron chi connectivity index (χ3n) is 3.51. The van der Waals surface area contributed by atoms with E-state index in [4.69, 9.17) is 16.7 Å². The number of hydrogen-bond donors (Lipinski definition) is 2. The second-order valence-electron chi connectivity index (χ2n) is 5.21. The summed E-state index contributed by atoms with van der Waals surface area (Å²) < 4.78 is 22.7. The van der Waals surface area contributed by atoms with Gasteiger partial charge in [0.1, 0.15) is 4.90 Å². The molecule has 1 unspecified atom stereocenters. The van der Waals surface area contributed by atoms with Crippen LogP contribution in [0.3, 0.4) is 0 Å². The zero-order valence-electron chi connectivity index (χ0n) is 11.1. The molecule has 0 aromatic heterocycles. The van der Waals surface area contributed by atoms with E-state index in [1.165, 1.54) is 31.0 Å². The Hall–Kier alpha value is -1.11. The zero-order valence-corrected chi connectivity index (χ0v) is 12.7. The van der Waals surface area contributed by atoms with E-state index in [1.54, 1.807) is 0 Å². The molecule has 7 heteroatoms. The summed E-state index contributed by atoms with van der Waals surface area (Å²) >= 11 is 5.77. The van der Waals surface area contributed by atoms with Gasteiger partial charge in [-0.2, -0.15) is 0 Å². The molecule has 0 aliphatic heterocycles. The predicted molar refractivity (Wildman–Crippen MR) is 77.0 cm³/mol. The zero-order chi connectivity index (χ0) is 14.9. The molecule has 1 aliphatic carbocycles. The van der Waals surface area contributed by atoms with Gasteiger partial charge < -0.3 is 5.32 Å². The highest BCUT2D eigenvalue weighted by molar-refractivity contribution is 7.89. The highest BCUT2D eigenvalue weighted by Crippen LogP contribution is 2.36. The summed E-state index contributed by atoms with van der Waals surface area (Å²) in [7, 11) is -3.94. The standard InChI is InChI=1S/C13H17ClN2O3S/c1-8(9-2-3-9)7-16-13(17)10-4-5-11(14)12(6-10)20(15,18)19/h4-6,8-9H,2-3,7H2,1H3,(H,16,17)(H2,15,18,19). The van der Waals surface area contributed by atoms with Crippen LogP contribution in [0.15, 0.2) is 23.1 Å². The smallest absolute Gasteiger partial charge is 0.251 e. The Morgan fingerprint density at radius 3 is 2.70 bits per heavy atom. The molecule has 1 fully saturated rings. The van der Waals surface area contributed by atoms with E-state index >= 15 is 0 Å². The summed E-state index contributed by atoms with van der Waals surface area (Å²) in [6.45, 7) is 2.67. The van der Waals surface area contributed by atoms with E-state index in [0.717, 1.165) is 0 Å². The first-order chi connectivity index (χ1) is 9.29. The second-order valence-corrected chi connectivity index (χ2v) is 7.15. The van der Waals surface area contributed by atoms with Crippen molar-refractivity contribution in [3.05, 3.63) is 28.8 Å². The van der Waals surface area contributed by atoms with Gasteiger partial charge in [0, 0.05) is 12.1 Å². The van der Waals surface area contributed by atoms with Crippen LogP contribution in [-0.4, -0.2) is 20.9 Å². The maximum atomic E-state index is 12.0. The van der Waals surface area contributed by atoms with E-state index in [1.807, 2.05) is 0 Å². The first-order valence-electron chi connectivity index (χ1n) is 6.39. The molecule has 0 spiro atoms. The fraction of sp³-hybridized carbons (Fsp3) is 0.462. The summed E-state index contributed by atoms with van der Waals surface area (Å²) in [5.41, 5.74) is 0.237. The fourth-order valence-electron chi connectivity index (χ4n) is 2.05. The van der Waals surface area contributed by atoms with Crippen molar-refractivity contribution >= 4 is 27.5 Å². The molecule has 1 aromatic carbocycles. The van der Waals surface area contributed by atoms with Crippen LogP contribution in [0.2, 0.25) is 5.02 Å². The molecular weight excluding hydrogens is 300 g/mol. The SMILES string of the molecule is CC(CNC(=O)c1ccc(Cl)c(S(N)(=O)=O)c1)C1CC1. The van der Waals surface area contributed by atoms with Gasteiger partial charge in [-0.1, -0.05) is 18.5 Å². The van der Waals surface area contributed by atoms with Gasteiger partial charge in [0.2, 0.25) is 10.0 Å². The van der Waals surface area contributed by atoms with Crippen LogP contribution in [0.5, 0.6) is 0 Å². The number of nitrogens with two attached hydrogens (primary N) is 1. The van der Waals surface area contributed by atoms with Crippen molar-refractivity contribution in [2.24, 2.45) is 17.0 Å². The Balaban J connectivity index is 2.10. The molecule has 2 rings (SSSR count). The lowest BCUT2D eigenvalue weighted by Crippen LogP contribution is -2.29. The van der Waals surface area contributed by atoms with E-state index in [0.29, 0.717) is 18.4 Å². The molecule has 1 amide bonds. The number of hydrogen-bond acceptors (Lipinski definition) is 3. The molecule has 0 heterocycles. The van der Waals surface area contributed by atoms with Crippen molar-refractivity contribution < 1.29 is 13.2 Å². The Kier molecular flexibility index (Phi) is 4.36. The van der Waals surface area contributed by atoms with E-state index < -0.39 is 10.0 Å². The quantitative estimate of drug-likeness (QED) is 0.867. The molecule has 0 radical (unpaired) electrons. The Labute approximate surface area is 123 Å². The van der Waals surface area contributed by atoms with Gasteiger partial charge >= 0.3 is 0 Å². The molecule has 1 saturated carbocycles. The first-order valence-corrected chi connectivity index (χ1v) is 8.32. The number of halogens is 1. The Morgan fingerprint density at radius 2 is 2.15 bits per heavy atom. The third-order valence-corrected chi connectivity index (χ3v) is 4.90. The number of primary sulfonamides is 1. The maximum Gasteiger partial charge on any atom is 0.251 e. The molecule has 3 N–H and O–H groups in total. The minimum atomic E-state index is -3.94. The highest BCUT2D eigenvalue weighted by Gasteiger charge is 2.28. The normalized spacial score (nSPS) is 16.8. The van der Waals surface area contributed by atoms with Crippen LogP contribution in [0, 0.1) is 11.8 Å². The van der Waals surface area contributed by atoms with Gasteiger partial charge in [-0.15, -0.1) is 0 Å². The van der Waals surface area contributed by atoms with Gasteiger partial charge in [0.05, 0.1) is 5.02 Å². The van der Waals surface area contributed by atoms with Crippen molar-refractivity contribution in [2.45, 2.75) is 24.7 Å². The molecule has 20 heavy (non-hydrogen) atoms. The van der Waals surface area contributed by atoms with E-state index in [9.17, 15) is 13.2 Å². The van der Waals surface area contributed by atoms with Crippen molar-refractivity contribution in [1.82, 2.24) is 5.32 Å². The summed E-state index contributed by atoms with van der Waals surface area (Å²) in [6.07, 6.45) is 2.43. The molecule has 1 atom stereocenters. The molecule has 1 aliphatic rings. The van der Waals surface area contributed by atoms with Crippen LogP contribution < -0.4 is 10.5 Å². The molecule has 5 nitrogen and oxygen atoms in total. The monoisotopic (exact) mass is 316 g/mol. The molecule has 110 valence electrons. The predicted octanol–water partition coefficient (Wildman–Crippen LogP) is 1.76. The number of sulfonamides is 1. The molecular formula is C13H17ClN2O3S. The number of carbonyl (C=O) groups is 1. The van der Waals surface area contributed by atoms with Gasteiger partial charge in [-0.05, 0) is 42.9 Å². The van der Waals surface area contributed by atoms with Crippen LogP contribution in [0.4, 0.5) is 0 Å². The van der Waals surface area contributed by atoms with Crippen molar-refractivity contribution in [3.63, 3.8) is 0 Å². The molecule has 1 aromatic rings. The average molecular weight is 317 g/mol. The highest BCUT2D eigenvalue weighted by atomic mass is 35.5. The maximum absolute atomic E-state index is 12.0. The first kappa shape index (κ1) is 15.3. The number of carbonyl (C=O) groups excluding carboxylic acids is 1. The van der Waals surface area contributed by atoms with E-state index in [2.05, 4.69) is 12.2 Å². The van der Waals surface area contributed by atoms with Gasteiger partial charge in [-0.3, -0.25) is 4.79 Å². The minimum Gasteiger partial charge on any atom is -0.352 e. The van der Waals surface area contributed by atoms with Crippen molar-refractivity contribution in [1.29, 1.82) is 0 Å².